The highest BCUT2D eigenvalue weighted by Crippen LogP contribution is 2.24. The van der Waals surface area contributed by atoms with Crippen molar-refractivity contribution >= 4 is 11.6 Å². The minimum Gasteiger partial charge on any atom is -0.272 e. The molecule has 1 N–H and O–H groups in total. The number of rotatable bonds is 6. The molecule has 0 aliphatic carbocycles. The minimum atomic E-state index is -0.384. The Morgan fingerprint density at radius 1 is 0.808 bits per heavy atom. The molecule has 0 aromatic heterocycles. The number of hydrazone groups is 1. The first-order valence-corrected chi connectivity index (χ1v) is 8.71. The van der Waals surface area contributed by atoms with E-state index < -0.39 is 0 Å². The van der Waals surface area contributed by atoms with Crippen molar-refractivity contribution < 1.29 is 4.79 Å². The predicted molar refractivity (Wildman–Crippen MR) is 106 cm³/mol. The first kappa shape index (κ1) is 17.6. The van der Waals surface area contributed by atoms with E-state index in [0.29, 0.717) is 6.42 Å². The van der Waals surface area contributed by atoms with Gasteiger partial charge in [0, 0.05) is 12.1 Å². The van der Waals surface area contributed by atoms with Crippen LogP contribution in [0.25, 0.3) is 0 Å². The van der Waals surface area contributed by atoms with Gasteiger partial charge in [-0.3, -0.25) is 4.79 Å². The highest BCUT2D eigenvalue weighted by molar-refractivity contribution is 5.90. The molecule has 0 aliphatic rings. The Balaban J connectivity index is 1.77. The summed E-state index contributed by atoms with van der Waals surface area (Å²) < 4.78 is 0. The normalized spacial score (nSPS) is 11.4. The Kier molecular flexibility index (Phi) is 5.94. The van der Waals surface area contributed by atoms with E-state index in [2.05, 4.69) is 22.7 Å². The maximum absolute atomic E-state index is 12.9. The van der Waals surface area contributed by atoms with Crippen LogP contribution in [0.1, 0.15) is 29.5 Å². The fourth-order valence-electron chi connectivity index (χ4n) is 2.93. The molecule has 26 heavy (non-hydrogen) atoms. The van der Waals surface area contributed by atoms with Crippen molar-refractivity contribution in [1.82, 2.24) is 5.43 Å². The summed E-state index contributed by atoms with van der Waals surface area (Å²) in [4.78, 5) is 12.9. The van der Waals surface area contributed by atoms with Gasteiger partial charge in [0.15, 0.2) is 0 Å². The van der Waals surface area contributed by atoms with Crippen molar-refractivity contribution in [1.29, 1.82) is 0 Å². The second kappa shape index (κ2) is 8.77. The molecule has 0 atom stereocenters. The first-order chi connectivity index (χ1) is 12.7. The van der Waals surface area contributed by atoms with Gasteiger partial charge in [-0.15, -0.1) is 0 Å². The number of nitrogens with zero attached hydrogens (tertiary/aromatic N) is 1. The van der Waals surface area contributed by atoms with Gasteiger partial charge < -0.3 is 0 Å². The molecule has 0 heterocycles. The summed E-state index contributed by atoms with van der Waals surface area (Å²) in [5.41, 5.74) is 6.69. The fraction of sp³-hybridized carbons (Fsp3) is 0.130. The zero-order chi connectivity index (χ0) is 18.2. The van der Waals surface area contributed by atoms with Crippen molar-refractivity contribution in [3.8, 4) is 0 Å². The minimum absolute atomic E-state index is 0.130. The van der Waals surface area contributed by atoms with Gasteiger partial charge in [-0.2, -0.15) is 5.10 Å². The summed E-state index contributed by atoms with van der Waals surface area (Å²) in [7, 11) is 0. The Labute approximate surface area is 154 Å². The highest BCUT2D eigenvalue weighted by Gasteiger charge is 2.22. The van der Waals surface area contributed by atoms with Crippen LogP contribution >= 0.6 is 0 Å². The molecule has 3 rings (SSSR count). The second-order valence-corrected chi connectivity index (χ2v) is 6.24. The predicted octanol–water partition coefficient (Wildman–Crippen LogP) is 4.55. The van der Waals surface area contributed by atoms with Crippen LogP contribution in [-0.2, 0) is 11.2 Å². The summed E-state index contributed by atoms with van der Waals surface area (Å²) in [5.74, 6) is -0.513. The molecule has 130 valence electrons. The third-order valence-corrected chi connectivity index (χ3v) is 4.19. The lowest BCUT2D eigenvalue weighted by atomic mass is 9.91. The average Bonchev–Trinajstić information content (AvgIpc) is 2.69. The number of hydrogen-bond acceptors (Lipinski definition) is 2. The van der Waals surface area contributed by atoms with Crippen molar-refractivity contribution in [2.24, 2.45) is 5.10 Å². The summed E-state index contributed by atoms with van der Waals surface area (Å²) in [6, 6.07) is 29.7. The van der Waals surface area contributed by atoms with E-state index in [4.69, 9.17) is 0 Å². The van der Waals surface area contributed by atoms with E-state index in [-0.39, 0.29) is 11.8 Å². The molecular formula is C23H22N2O. The van der Waals surface area contributed by atoms with Gasteiger partial charge in [0.1, 0.15) is 0 Å². The Morgan fingerprint density at radius 2 is 1.27 bits per heavy atom. The molecule has 0 radical (unpaired) electrons. The van der Waals surface area contributed by atoms with Crippen LogP contribution in [0, 0.1) is 0 Å². The first-order valence-electron chi connectivity index (χ1n) is 8.71. The number of benzene rings is 3. The quantitative estimate of drug-likeness (QED) is 0.518. The van der Waals surface area contributed by atoms with Crippen LogP contribution in [-0.4, -0.2) is 11.6 Å². The summed E-state index contributed by atoms with van der Waals surface area (Å²) in [6.07, 6.45) is 0.711. The van der Waals surface area contributed by atoms with Crippen molar-refractivity contribution in [3.63, 3.8) is 0 Å². The molecule has 0 saturated heterocycles. The molecule has 0 spiro atoms. The van der Waals surface area contributed by atoms with Crippen LogP contribution < -0.4 is 5.43 Å². The van der Waals surface area contributed by atoms with Gasteiger partial charge in [0.2, 0.25) is 0 Å². The Morgan fingerprint density at radius 3 is 1.77 bits per heavy atom. The zero-order valence-electron chi connectivity index (χ0n) is 14.8. The number of carbonyl (C=O) groups excluding carboxylic acids is 1. The average molecular weight is 342 g/mol. The zero-order valence-corrected chi connectivity index (χ0v) is 14.8. The molecule has 3 nitrogen and oxygen atoms in total. The maximum Gasteiger partial charge on any atom is 0.252 e. The van der Waals surface area contributed by atoms with Gasteiger partial charge in [0.25, 0.3) is 5.91 Å². The molecule has 0 bridgehead atoms. The highest BCUT2D eigenvalue weighted by atomic mass is 16.2. The summed E-state index contributed by atoms with van der Waals surface area (Å²) in [5, 5.41) is 4.31. The van der Waals surface area contributed by atoms with Crippen molar-refractivity contribution in [2.45, 2.75) is 19.3 Å². The molecule has 0 fully saturated rings. The molecule has 0 unspecified atom stereocenters. The van der Waals surface area contributed by atoms with Gasteiger partial charge >= 0.3 is 0 Å². The van der Waals surface area contributed by atoms with Gasteiger partial charge in [0.05, 0.1) is 5.92 Å². The molecule has 0 aliphatic heterocycles. The van der Waals surface area contributed by atoms with Crippen molar-refractivity contribution in [2.75, 3.05) is 0 Å². The van der Waals surface area contributed by atoms with E-state index in [1.54, 1.807) is 0 Å². The van der Waals surface area contributed by atoms with E-state index in [1.165, 1.54) is 5.56 Å². The van der Waals surface area contributed by atoms with Crippen LogP contribution in [0.2, 0.25) is 0 Å². The third kappa shape index (κ3) is 4.67. The van der Waals surface area contributed by atoms with E-state index in [9.17, 15) is 4.79 Å². The second-order valence-electron chi connectivity index (χ2n) is 6.24. The number of carbonyl (C=O) groups is 1. The molecule has 0 saturated carbocycles. The molecule has 3 aromatic rings. The summed E-state index contributed by atoms with van der Waals surface area (Å²) in [6.45, 7) is 1.92. The Hall–Kier alpha value is -3.20. The lowest BCUT2D eigenvalue weighted by molar-refractivity contribution is -0.121. The molecule has 3 aromatic carbocycles. The smallest absolute Gasteiger partial charge is 0.252 e. The maximum atomic E-state index is 12.9. The topological polar surface area (TPSA) is 41.5 Å². The van der Waals surface area contributed by atoms with E-state index >= 15 is 0 Å². The van der Waals surface area contributed by atoms with Crippen LogP contribution in [0.15, 0.2) is 96.1 Å². The molecular weight excluding hydrogens is 320 g/mol. The molecule has 1 amide bonds. The van der Waals surface area contributed by atoms with E-state index in [0.717, 1.165) is 16.8 Å². The standard InChI is InChI=1S/C23H22N2O/c1-18(17-19-11-5-2-6-12-19)24-25-23(26)22(20-13-7-3-8-14-20)21-15-9-4-10-16-21/h2-16,22H,17H2,1H3,(H,25,26)/b24-18-. The third-order valence-electron chi connectivity index (χ3n) is 4.19. The number of hydrogen-bond donors (Lipinski definition) is 1. The molecule has 3 heteroatoms. The van der Waals surface area contributed by atoms with Crippen molar-refractivity contribution in [3.05, 3.63) is 108 Å². The monoisotopic (exact) mass is 342 g/mol. The number of amides is 1. The van der Waals surface area contributed by atoms with E-state index in [1.807, 2.05) is 85.8 Å². The lowest BCUT2D eigenvalue weighted by Gasteiger charge is -2.16. The largest absolute Gasteiger partial charge is 0.272 e. The van der Waals surface area contributed by atoms with Gasteiger partial charge in [-0.1, -0.05) is 91.0 Å². The lowest BCUT2D eigenvalue weighted by Crippen LogP contribution is -2.27. The van der Waals surface area contributed by atoms with Crippen LogP contribution in [0.5, 0.6) is 0 Å². The van der Waals surface area contributed by atoms with Gasteiger partial charge in [-0.25, -0.2) is 5.43 Å². The number of nitrogens with one attached hydrogen (secondary N) is 1. The van der Waals surface area contributed by atoms with Crippen LogP contribution in [0.3, 0.4) is 0 Å². The van der Waals surface area contributed by atoms with Gasteiger partial charge in [-0.05, 0) is 23.6 Å². The van der Waals surface area contributed by atoms with Crippen LogP contribution in [0.4, 0.5) is 0 Å². The Bertz CT molecular complexity index is 819. The fourth-order valence-corrected chi connectivity index (χ4v) is 2.93. The SMILES string of the molecule is C/C(Cc1ccccc1)=N/NC(=O)C(c1ccccc1)c1ccccc1. The summed E-state index contributed by atoms with van der Waals surface area (Å²) >= 11 is 0.